The van der Waals surface area contributed by atoms with Crippen molar-refractivity contribution in [2.24, 2.45) is 0 Å². The molecule has 0 aliphatic rings. The minimum absolute atomic E-state index is 0.260. The van der Waals surface area contributed by atoms with E-state index in [1.165, 1.54) is 0 Å². The van der Waals surface area contributed by atoms with E-state index in [0.29, 0.717) is 40.8 Å². The molecule has 0 radical (unpaired) electrons. The zero-order chi connectivity index (χ0) is 18.6. The van der Waals surface area contributed by atoms with Crippen LogP contribution in [0.25, 0.3) is 22.3 Å². The molecule has 0 atom stereocenters. The van der Waals surface area contributed by atoms with Gasteiger partial charge in [-0.15, -0.1) is 0 Å². The molecule has 1 aromatic carbocycles. The number of benzene rings is 1. The summed E-state index contributed by atoms with van der Waals surface area (Å²) in [6.45, 7) is 0.406. The van der Waals surface area contributed by atoms with Gasteiger partial charge in [0.25, 0.3) is 5.91 Å². The summed E-state index contributed by atoms with van der Waals surface area (Å²) < 4.78 is 0. The van der Waals surface area contributed by atoms with Crippen molar-refractivity contribution in [1.82, 2.24) is 30.5 Å². The molecule has 0 bridgehead atoms. The van der Waals surface area contributed by atoms with E-state index in [1.807, 2.05) is 30.3 Å². The summed E-state index contributed by atoms with van der Waals surface area (Å²) in [6.07, 6.45) is 3.92. The number of carbonyl (C=O) groups is 1. The third-order valence-corrected chi connectivity index (χ3v) is 4.31. The smallest absolute Gasteiger partial charge is 0.269 e. The molecule has 4 rings (SSSR count). The number of H-pyrrole nitrogens is 1. The van der Waals surface area contributed by atoms with Gasteiger partial charge < -0.3 is 5.32 Å². The lowest BCUT2D eigenvalue weighted by atomic mass is 10.2. The summed E-state index contributed by atoms with van der Waals surface area (Å²) in [4.78, 5) is 25.2. The van der Waals surface area contributed by atoms with Gasteiger partial charge in [-0.05, 0) is 24.3 Å². The van der Waals surface area contributed by atoms with E-state index in [0.717, 1.165) is 10.9 Å². The summed E-state index contributed by atoms with van der Waals surface area (Å²) in [5.41, 5.74) is 1.77. The average Bonchev–Trinajstić information content (AvgIpc) is 3.18. The molecule has 0 aliphatic carbocycles. The van der Waals surface area contributed by atoms with Crippen molar-refractivity contribution in [3.8, 4) is 11.4 Å². The third-order valence-electron chi connectivity index (χ3n) is 4.00. The number of carbonyl (C=O) groups excluding carboxylic acids is 1. The first-order valence-corrected chi connectivity index (χ1v) is 8.73. The van der Waals surface area contributed by atoms with Gasteiger partial charge in [-0.1, -0.05) is 29.8 Å². The molecule has 134 valence electrons. The Hall–Kier alpha value is -3.32. The fourth-order valence-corrected chi connectivity index (χ4v) is 2.88. The molecule has 0 aliphatic heterocycles. The minimum Gasteiger partial charge on any atom is -0.350 e. The van der Waals surface area contributed by atoms with Crippen LogP contribution in [0.4, 0.5) is 0 Å². The highest BCUT2D eigenvalue weighted by Gasteiger charge is 2.10. The van der Waals surface area contributed by atoms with Crippen LogP contribution in [0.15, 0.2) is 54.9 Å². The van der Waals surface area contributed by atoms with Crippen LogP contribution < -0.4 is 5.32 Å². The van der Waals surface area contributed by atoms with Gasteiger partial charge in [0, 0.05) is 36.3 Å². The molecule has 1 amide bonds. The molecule has 2 N–H and O–H groups in total. The summed E-state index contributed by atoms with van der Waals surface area (Å²) >= 11 is 6.15. The number of pyridine rings is 2. The lowest BCUT2D eigenvalue weighted by Crippen LogP contribution is -2.26. The van der Waals surface area contributed by atoms with Gasteiger partial charge in [-0.3, -0.25) is 14.9 Å². The van der Waals surface area contributed by atoms with Crippen LogP contribution in [0.2, 0.25) is 5.02 Å². The number of nitrogens with one attached hydrogen (secondary N) is 2. The second kappa shape index (κ2) is 7.51. The molecule has 0 spiro atoms. The van der Waals surface area contributed by atoms with Crippen LogP contribution in [-0.2, 0) is 6.42 Å². The number of fused-ring (bicyclic) bond motifs is 1. The topological polar surface area (TPSA) is 96.5 Å². The monoisotopic (exact) mass is 378 g/mol. The third kappa shape index (κ3) is 3.78. The Bertz CT molecular complexity index is 1100. The van der Waals surface area contributed by atoms with Crippen molar-refractivity contribution in [2.75, 3.05) is 6.54 Å². The van der Waals surface area contributed by atoms with E-state index in [2.05, 4.69) is 30.5 Å². The zero-order valence-corrected chi connectivity index (χ0v) is 14.9. The summed E-state index contributed by atoms with van der Waals surface area (Å²) in [5, 5.41) is 11.3. The number of nitrogens with zero attached hydrogens (tertiary/aromatic N) is 4. The first kappa shape index (κ1) is 17.1. The molecule has 0 unspecified atom stereocenters. The summed E-state index contributed by atoms with van der Waals surface area (Å²) in [7, 11) is 0. The van der Waals surface area contributed by atoms with Crippen LogP contribution in [0.5, 0.6) is 0 Å². The lowest BCUT2D eigenvalue weighted by Gasteiger charge is -2.05. The number of hydrogen-bond acceptors (Lipinski definition) is 5. The quantitative estimate of drug-likeness (QED) is 0.556. The van der Waals surface area contributed by atoms with Crippen molar-refractivity contribution in [2.45, 2.75) is 6.42 Å². The van der Waals surface area contributed by atoms with E-state index in [1.54, 1.807) is 24.5 Å². The number of hydrogen-bond donors (Lipinski definition) is 2. The number of aromatic amines is 1. The van der Waals surface area contributed by atoms with E-state index in [4.69, 9.17) is 11.6 Å². The fourth-order valence-electron chi connectivity index (χ4n) is 2.65. The maximum Gasteiger partial charge on any atom is 0.269 e. The molecule has 0 saturated heterocycles. The van der Waals surface area contributed by atoms with E-state index in [9.17, 15) is 4.79 Å². The molecular formula is C19H15ClN6O. The standard InChI is InChI=1S/C19H15ClN6O/c20-14-5-1-3-12-6-7-15(23-17(12)14)19(27)22-10-8-16-24-18(26-25-16)13-4-2-9-21-11-13/h1-7,9,11H,8,10H2,(H,22,27)(H,24,25,26). The van der Waals surface area contributed by atoms with Gasteiger partial charge in [-0.25, -0.2) is 9.97 Å². The molecule has 7 nitrogen and oxygen atoms in total. The Morgan fingerprint density at radius 1 is 1.11 bits per heavy atom. The van der Waals surface area contributed by atoms with Crippen LogP contribution in [0.3, 0.4) is 0 Å². The van der Waals surface area contributed by atoms with Gasteiger partial charge in [0.15, 0.2) is 5.82 Å². The normalized spacial score (nSPS) is 10.9. The SMILES string of the molecule is O=C(NCCc1nc(-c2cccnc2)n[nH]1)c1ccc2cccc(Cl)c2n1. The number of aromatic nitrogens is 5. The molecule has 4 aromatic rings. The molecule has 0 fully saturated rings. The van der Waals surface area contributed by atoms with Crippen molar-refractivity contribution >= 4 is 28.4 Å². The zero-order valence-electron chi connectivity index (χ0n) is 14.2. The number of rotatable bonds is 5. The van der Waals surface area contributed by atoms with Crippen molar-refractivity contribution in [3.63, 3.8) is 0 Å². The van der Waals surface area contributed by atoms with E-state index in [-0.39, 0.29) is 5.91 Å². The highest BCUT2D eigenvalue weighted by atomic mass is 35.5. The van der Waals surface area contributed by atoms with Gasteiger partial charge in [-0.2, -0.15) is 5.10 Å². The van der Waals surface area contributed by atoms with Crippen LogP contribution >= 0.6 is 11.6 Å². The Morgan fingerprint density at radius 3 is 2.89 bits per heavy atom. The Morgan fingerprint density at radius 2 is 2.04 bits per heavy atom. The summed E-state index contributed by atoms with van der Waals surface area (Å²) in [5.74, 6) is 1.00. The number of amides is 1. The van der Waals surface area contributed by atoms with E-state index < -0.39 is 0 Å². The van der Waals surface area contributed by atoms with E-state index >= 15 is 0 Å². The molecule has 27 heavy (non-hydrogen) atoms. The second-order valence-corrected chi connectivity index (χ2v) is 6.27. The largest absolute Gasteiger partial charge is 0.350 e. The lowest BCUT2D eigenvalue weighted by molar-refractivity contribution is 0.0949. The first-order valence-electron chi connectivity index (χ1n) is 8.36. The van der Waals surface area contributed by atoms with Gasteiger partial charge in [0.2, 0.25) is 0 Å². The second-order valence-electron chi connectivity index (χ2n) is 5.86. The van der Waals surface area contributed by atoms with Crippen molar-refractivity contribution in [3.05, 3.63) is 71.4 Å². The molecule has 3 heterocycles. The van der Waals surface area contributed by atoms with Crippen LogP contribution in [0, 0.1) is 0 Å². The van der Waals surface area contributed by atoms with Crippen LogP contribution in [-0.4, -0.2) is 37.6 Å². The van der Waals surface area contributed by atoms with Crippen LogP contribution in [0.1, 0.15) is 16.3 Å². The number of para-hydroxylation sites is 1. The minimum atomic E-state index is -0.260. The van der Waals surface area contributed by atoms with Crippen molar-refractivity contribution in [1.29, 1.82) is 0 Å². The molecule has 0 saturated carbocycles. The van der Waals surface area contributed by atoms with Crippen molar-refractivity contribution < 1.29 is 4.79 Å². The first-order chi connectivity index (χ1) is 13.2. The Balaban J connectivity index is 1.39. The predicted octanol–water partition coefficient (Wildman–Crippen LogP) is 3.04. The predicted molar refractivity (Wildman–Crippen MR) is 102 cm³/mol. The maximum atomic E-state index is 12.3. The number of halogens is 1. The van der Waals surface area contributed by atoms with Gasteiger partial charge in [0.1, 0.15) is 11.5 Å². The Labute approximate surface area is 159 Å². The summed E-state index contributed by atoms with van der Waals surface area (Å²) in [6, 6.07) is 12.7. The average molecular weight is 379 g/mol. The Kier molecular flexibility index (Phi) is 4.76. The van der Waals surface area contributed by atoms with Gasteiger partial charge >= 0.3 is 0 Å². The fraction of sp³-hybridized carbons (Fsp3) is 0.105. The van der Waals surface area contributed by atoms with Gasteiger partial charge in [0.05, 0.1) is 10.5 Å². The maximum absolute atomic E-state index is 12.3. The highest BCUT2D eigenvalue weighted by Crippen LogP contribution is 2.21. The molecule has 8 heteroatoms. The highest BCUT2D eigenvalue weighted by molar-refractivity contribution is 6.35. The molecular weight excluding hydrogens is 364 g/mol. The molecule has 3 aromatic heterocycles.